The Morgan fingerprint density at radius 1 is 0.500 bits per heavy atom. The van der Waals surface area contributed by atoms with E-state index >= 15 is 0 Å². The van der Waals surface area contributed by atoms with Crippen LogP contribution in [0, 0.1) is 0 Å². The van der Waals surface area contributed by atoms with Gasteiger partial charge in [-0.3, -0.25) is 4.79 Å². The Morgan fingerprint density at radius 3 is 1.16 bits per heavy atom. The Morgan fingerprint density at radius 2 is 0.818 bits per heavy atom. The molecule has 0 unspecified atom stereocenters. The van der Waals surface area contributed by atoms with Gasteiger partial charge in [0, 0.05) is 0 Å². The van der Waals surface area contributed by atoms with Crippen molar-refractivity contribution in [1.29, 1.82) is 0 Å². The highest BCUT2D eigenvalue weighted by molar-refractivity contribution is 5.92. The fraction of sp³-hybridized carbons (Fsp3) is 0.147. The molecule has 4 aromatic rings. The van der Waals surface area contributed by atoms with Gasteiger partial charge in [0.15, 0.2) is 30.7 Å². The lowest BCUT2D eigenvalue weighted by molar-refractivity contribution is -0.142. The normalized spacial score (nSPS) is 13.3. The van der Waals surface area contributed by atoms with Gasteiger partial charge in [0.05, 0.1) is 28.9 Å². The van der Waals surface area contributed by atoms with Gasteiger partial charge in [0.25, 0.3) is 0 Å². The van der Waals surface area contributed by atoms with E-state index in [1.54, 1.807) is 72.8 Å². The minimum atomic E-state index is -1.87. The molecule has 224 valence electrons. The monoisotopic (exact) mass is 596 g/mol. The summed E-state index contributed by atoms with van der Waals surface area (Å²) in [5.74, 6) is -3.77. The zero-order valence-electron chi connectivity index (χ0n) is 23.3. The fourth-order valence-corrected chi connectivity index (χ4v) is 4.13. The highest BCUT2D eigenvalue weighted by atomic mass is 16.6. The summed E-state index contributed by atoms with van der Waals surface area (Å²) in [4.78, 5) is 65.0. The van der Waals surface area contributed by atoms with Crippen LogP contribution in [0.1, 0.15) is 41.4 Å². The van der Waals surface area contributed by atoms with E-state index in [-0.39, 0.29) is 28.5 Å². The van der Waals surface area contributed by atoms with Crippen LogP contribution in [0.3, 0.4) is 0 Å². The molecular formula is C34H28O10. The van der Waals surface area contributed by atoms with Gasteiger partial charge in [0.2, 0.25) is 0 Å². The Hall–Kier alpha value is -5.61. The smallest absolute Gasteiger partial charge is 0.338 e. The third kappa shape index (κ3) is 8.24. The number of esters is 4. The molecule has 1 N–H and O–H groups in total. The molecule has 4 aromatic carbocycles. The van der Waals surface area contributed by atoms with E-state index in [1.807, 2.05) is 0 Å². The fourth-order valence-electron chi connectivity index (χ4n) is 4.13. The van der Waals surface area contributed by atoms with Gasteiger partial charge in [-0.05, 0) is 48.5 Å². The molecule has 10 nitrogen and oxygen atoms in total. The molecule has 0 saturated carbocycles. The standard InChI is InChI=1S/C34H28O10/c35-21-27(41-31(37)23-13-5-1-6-14-23)29(43-33(39)25-17-9-3-10-18-25)30(44-34(40)26-19-11-4-12-20-26)28(22-36)42-32(38)24-15-7-2-8-16-24/h1-21,27-30,36H,22H2/t27-,28+,29+,30+/m1/s1. The molecule has 0 aromatic heterocycles. The molecule has 0 aliphatic heterocycles. The second kappa shape index (κ2) is 15.6. The van der Waals surface area contributed by atoms with Gasteiger partial charge in [-0.25, -0.2) is 19.2 Å². The number of aldehydes is 1. The van der Waals surface area contributed by atoms with Crippen molar-refractivity contribution in [2.45, 2.75) is 24.4 Å². The van der Waals surface area contributed by atoms with E-state index in [0.717, 1.165) is 0 Å². The maximum atomic E-state index is 13.3. The second-order valence-corrected chi connectivity index (χ2v) is 9.34. The molecule has 0 aliphatic carbocycles. The van der Waals surface area contributed by atoms with E-state index in [1.165, 1.54) is 48.5 Å². The number of carbonyl (C=O) groups excluding carboxylic acids is 5. The summed E-state index contributed by atoms with van der Waals surface area (Å²) in [5, 5.41) is 10.4. The molecule has 0 amide bonds. The van der Waals surface area contributed by atoms with Crippen molar-refractivity contribution in [2.75, 3.05) is 6.61 Å². The van der Waals surface area contributed by atoms with Crippen molar-refractivity contribution >= 4 is 30.2 Å². The summed E-state index contributed by atoms with van der Waals surface area (Å²) in [5.41, 5.74) is 0.325. The highest BCUT2D eigenvalue weighted by Gasteiger charge is 2.45. The van der Waals surface area contributed by atoms with Crippen molar-refractivity contribution in [3.05, 3.63) is 144 Å². The lowest BCUT2D eigenvalue weighted by Gasteiger charge is -2.34. The number of benzene rings is 4. The predicted molar refractivity (Wildman–Crippen MR) is 156 cm³/mol. The van der Waals surface area contributed by atoms with Crippen molar-refractivity contribution in [3.63, 3.8) is 0 Å². The molecule has 44 heavy (non-hydrogen) atoms. The summed E-state index contributed by atoms with van der Waals surface area (Å²) < 4.78 is 22.3. The summed E-state index contributed by atoms with van der Waals surface area (Å²) in [6.07, 6.45) is -7.05. The lowest BCUT2D eigenvalue weighted by Crippen LogP contribution is -2.53. The Bertz CT molecular complexity index is 1540. The first-order valence-electron chi connectivity index (χ1n) is 13.5. The molecule has 0 spiro atoms. The maximum Gasteiger partial charge on any atom is 0.338 e. The molecule has 4 rings (SSSR count). The SMILES string of the molecule is O=C[C@@H](OC(=O)c1ccccc1)[C@H](OC(=O)c1ccccc1)[C@@H](OC(=O)c1ccccc1)[C@H](CO)OC(=O)c1ccccc1. The summed E-state index contributed by atoms with van der Waals surface area (Å²) in [7, 11) is 0. The molecule has 0 bridgehead atoms. The topological polar surface area (TPSA) is 143 Å². The second-order valence-electron chi connectivity index (χ2n) is 9.34. The number of carbonyl (C=O) groups is 5. The highest BCUT2D eigenvalue weighted by Crippen LogP contribution is 2.23. The molecular weight excluding hydrogens is 568 g/mol. The zero-order valence-corrected chi connectivity index (χ0v) is 23.3. The van der Waals surface area contributed by atoms with Gasteiger partial charge in [-0.1, -0.05) is 72.8 Å². The summed E-state index contributed by atoms with van der Waals surface area (Å²) >= 11 is 0. The van der Waals surface area contributed by atoms with E-state index in [2.05, 4.69) is 0 Å². The van der Waals surface area contributed by atoms with Crippen LogP contribution in [0.15, 0.2) is 121 Å². The maximum absolute atomic E-state index is 13.3. The van der Waals surface area contributed by atoms with Gasteiger partial charge in [-0.2, -0.15) is 0 Å². The summed E-state index contributed by atoms with van der Waals surface area (Å²) in [6, 6.07) is 30.9. The largest absolute Gasteiger partial charge is 0.452 e. The molecule has 0 saturated heterocycles. The van der Waals surface area contributed by atoms with Gasteiger partial charge >= 0.3 is 23.9 Å². The lowest BCUT2D eigenvalue weighted by atomic mass is 10.0. The third-order valence-corrected chi connectivity index (χ3v) is 6.35. The van der Waals surface area contributed by atoms with Crippen molar-refractivity contribution in [2.24, 2.45) is 0 Å². The van der Waals surface area contributed by atoms with Crippen LogP contribution in [-0.4, -0.2) is 66.3 Å². The molecule has 0 aliphatic rings. The molecule has 10 heteroatoms. The first kappa shape index (κ1) is 31.3. The van der Waals surface area contributed by atoms with Crippen LogP contribution in [-0.2, 0) is 23.7 Å². The van der Waals surface area contributed by atoms with Crippen LogP contribution >= 0.6 is 0 Å². The molecule has 0 fully saturated rings. The van der Waals surface area contributed by atoms with E-state index in [4.69, 9.17) is 18.9 Å². The number of rotatable bonds is 13. The van der Waals surface area contributed by atoms with E-state index < -0.39 is 54.9 Å². The number of aliphatic hydroxyl groups excluding tert-OH is 1. The minimum absolute atomic E-state index is 0.0616. The van der Waals surface area contributed by atoms with Crippen LogP contribution in [0.5, 0.6) is 0 Å². The number of ether oxygens (including phenoxy) is 4. The Balaban J connectivity index is 1.75. The number of hydrogen-bond acceptors (Lipinski definition) is 10. The van der Waals surface area contributed by atoms with Crippen LogP contribution in [0.25, 0.3) is 0 Å². The minimum Gasteiger partial charge on any atom is -0.452 e. The molecule has 0 heterocycles. The van der Waals surface area contributed by atoms with E-state index in [9.17, 15) is 29.1 Å². The number of aliphatic hydroxyl groups is 1. The van der Waals surface area contributed by atoms with Crippen molar-refractivity contribution < 1.29 is 48.0 Å². The van der Waals surface area contributed by atoms with Crippen LogP contribution in [0.4, 0.5) is 0 Å². The van der Waals surface area contributed by atoms with Crippen molar-refractivity contribution in [3.8, 4) is 0 Å². The van der Waals surface area contributed by atoms with Gasteiger partial charge in [-0.15, -0.1) is 0 Å². The van der Waals surface area contributed by atoms with Gasteiger partial charge in [0.1, 0.15) is 0 Å². The Labute approximate surface area is 252 Å². The number of hydrogen-bond donors (Lipinski definition) is 1. The quantitative estimate of drug-likeness (QED) is 0.136. The van der Waals surface area contributed by atoms with Crippen LogP contribution < -0.4 is 0 Å². The predicted octanol–water partition coefficient (Wildman–Crippen LogP) is 4.08. The molecule has 0 radical (unpaired) electrons. The van der Waals surface area contributed by atoms with E-state index in [0.29, 0.717) is 0 Å². The Kier molecular flexibility index (Phi) is 11.1. The van der Waals surface area contributed by atoms with Crippen molar-refractivity contribution in [1.82, 2.24) is 0 Å². The third-order valence-electron chi connectivity index (χ3n) is 6.35. The first-order chi connectivity index (χ1) is 21.4. The van der Waals surface area contributed by atoms with Gasteiger partial charge < -0.3 is 24.1 Å². The average molecular weight is 597 g/mol. The first-order valence-corrected chi connectivity index (χ1v) is 13.5. The molecule has 4 atom stereocenters. The summed E-state index contributed by atoms with van der Waals surface area (Å²) in [6.45, 7) is -0.928. The average Bonchev–Trinajstić information content (AvgIpc) is 3.09. The zero-order chi connectivity index (χ0) is 31.3. The van der Waals surface area contributed by atoms with Crippen LogP contribution in [0.2, 0.25) is 0 Å².